The van der Waals surface area contributed by atoms with Crippen molar-refractivity contribution < 1.29 is 9.15 Å². The summed E-state index contributed by atoms with van der Waals surface area (Å²) in [4.78, 5) is 2.44. The van der Waals surface area contributed by atoms with E-state index in [9.17, 15) is 0 Å². The molecule has 1 aromatic rings. The topological polar surface area (TPSA) is 37.6 Å². The monoisotopic (exact) mass is 266 g/mol. The molecule has 1 saturated heterocycles. The number of nitrogens with zero attached hydrogens (tertiary/aromatic N) is 1. The summed E-state index contributed by atoms with van der Waals surface area (Å²) in [5.74, 6) is 1.94. The maximum Gasteiger partial charge on any atom is 0.130 e. The van der Waals surface area contributed by atoms with Crippen molar-refractivity contribution in [1.82, 2.24) is 10.2 Å². The van der Waals surface area contributed by atoms with E-state index in [0.29, 0.717) is 12.6 Å². The van der Waals surface area contributed by atoms with E-state index in [1.54, 1.807) is 0 Å². The van der Waals surface area contributed by atoms with Crippen molar-refractivity contribution in [3.05, 3.63) is 23.2 Å². The summed E-state index contributed by atoms with van der Waals surface area (Å²) in [5.41, 5.74) is 1.20. The minimum atomic E-state index is 0.584. The lowest BCUT2D eigenvalue weighted by molar-refractivity contribution is 0.0886. The van der Waals surface area contributed by atoms with Gasteiger partial charge in [0.2, 0.25) is 0 Å². The predicted molar refractivity (Wildman–Crippen MR) is 76.1 cm³/mol. The van der Waals surface area contributed by atoms with Crippen molar-refractivity contribution in [3.63, 3.8) is 0 Å². The van der Waals surface area contributed by atoms with Crippen LogP contribution in [0.4, 0.5) is 0 Å². The van der Waals surface area contributed by atoms with Gasteiger partial charge in [0, 0.05) is 12.6 Å². The van der Waals surface area contributed by atoms with Crippen LogP contribution in [0, 0.1) is 6.92 Å². The molecule has 0 amide bonds. The highest BCUT2D eigenvalue weighted by molar-refractivity contribution is 5.19. The summed E-state index contributed by atoms with van der Waals surface area (Å²) < 4.78 is 11.5. The molecule has 1 aromatic heterocycles. The van der Waals surface area contributed by atoms with E-state index in [1.165, 1.54) is 24.9 Å². The first-order chi connectivity index (χ1) is 9.20. The number of hydrogen-bond donors (Lipinski definition) is 1. The normalized spacial score (nSPS) is 20.3. The molecule has 2 heterocycles. The number of hydrogen-bond acceptors (Lipinski definition) is 4. The Morgan fingerprint density at radius 1 is 1.53 bits per heavy atom. The van der Waals surface area contributed by atoms with E-state index < -0.39 is 0 Å². The van der Waals surface area contributed by atoms with Gasteiger partial charge >= 0.3 is 0 Å². The van der Waals surface area contributed by atoms with Gasteiger partial charge in [0.1, 0.15) is 18.1 Å². The summed E-state index contributed by atoms with van der Waals surface area (Å²) >= 11 is 0. The smallest absolute Gasteiger partial charge is 0.130 e. The zero-order chi connectivity index (χ0) is 13.7. The molecule has 1 atom stereocenters. The number of furan rings is 1. The summed E-state index contributed by atoms with van der Waals surface area (Å²) in [6, 6.07) is 2.78. The van der Waals surface area contributed by atoms with Gasteiger partial charge in [-0.2, -0.15) is 0 Å². The fraction of sp³-hybridized carbons (Fsp3) is 0.733. The molecule has 0 spiro atoms. The molecule has 1 fully saturated rings. The second-order valence-electron chi connectivity index (χ2n) is 5.47. The molecule has 1 aliphatic rings. The van der Waals surface area contributed by atoms with E-state index in [0.717, 1.165) is 31.1 Å². The van der Waals surface area contributed by atoms with Gasteiger partial charge in [-0.3, -0.25) is 0 Å². The van der Waals surface area contributed by atoms with Crippen LogP contribution in [0.3, 0.4) is 0 Å². The van der Waals surface area contributed by atoms with Crippen molar-refractivity contribution in [2.45, 2.75) is 45.4 Å². The van der Waals surface area contributed by atoms with Gasteiger partial charge in [-0.1, -0.05) is 0 Å². The van der Waals surface area contributed by atoms with Crippen LogP contribution in [0.15, 0.2) is 10.5 Å². The molecule has 19 heavy (non-hydrogen) atoms. The molecule has 0 aliphatic carbocycles. The molecule has 0 radical (unpaired) electrons. The highest BCUT2D eigenvalue weighted by atomic mass is 16.5. The fourth-order valence-electron chi connectivity index (χ4n) is 2.73. The van der Waals surface area contributed by atoms with Gasteiger partial charge in [0.25, 0.3) is 0 Å². The van der Waals surface area contributed by atoms with Crippen LogP contribution in [0.25, 0.3) is 0 Å². The Bertz CT molecular complexity index is 389. The molecule has 1 unspecified atom stereocenters. The molecule has 0 bridgehead atoms. The largest absolute Gasteiger partial charge is 0.462 e. The van der Waals surface area contributed by atoms with Gasteiger partial charge in [-0.15, -0.1) is 0 Å². The van der Waals surface area contributed by atoms with Crippen molar-refractivity contribution in [1.29, 1.82) is 0 Å². The minimum Gasteiger partial charge on any atom is -0.462 e. The van der Waals surface area contributed by atoms with Crippen molar-refractivity contribution in [3.8, 4) is 0 Å². The SMILES string of the molecule is CNCc1oc(COCCC2CCCN2C)cc1C. The third-order valence-corrected chi connectivity index (χ3v) is 3.92. The zero-order valence-corrected chi connectivity index (χ0v) is 12.4. The van der Waals surface area contributed by atoms with Gasteiger partial charge in [0.05, 0.1) is 6.54 Å². The van der Waals surface area contributed by atoms with E-state index in [-0.39, 0.29) is 0 Å². The Hall–Kier alpha value is -0.840. The first kappa shape index (κ1) is 14.6. The molecule has 2 rings (SSSR count). The maximum absolute atomic E-state index is 5.75. The molecular weight excluding hydrogens is 240 g/mol. The first-order valence-electron chi connectivity index (χ1n) is 7.21. The second-order valence-corrected chi connectivity index (χ2v) is 5.47. The highest BCUT2D eigenvalue weighted by Crippen LogP contribution is 2.19. The molecule has 0 saturated carbocycles. The summed E-state index contributed by atoms with van der Waals surface area (Å²) in [7, 11) is 4.13. The average molecular weight is 266 g/mol. The predicted octanol–water partition coefficient (Wildman–Crippen LogP) is 2.31. The second kappa shape index (κ2) is 7.08. The fourth-order valence-corrected chi connectivity index (χ4v) is 2.73. The van der Waals surface area contributed by atoms with Crippen LogP contribution in [-0.2, 0) is 17.9 Å². The molecular formula is C15H26N2O2. The Balaban J connectivity index is 1.69. The van der Waals surface area contributed by atoms with Gasteiger partial charge in [-0.05, 0) is 58.5 Å². The van der Waals surface area contributed by atoms with Crippen LogP contribution in [-0.4, -0.2) is 38.2 Å². The van der Waals surface area contributed by atoms with E-state index in [1.807, 2.05) is 7.05 Å². The molecule has 1 aliphatic heterocycles. The third-order valence-electron chi connectivity index (χ3n) is 3.92. The molecule has 1 N–H and O–H groups in total. The quantitative estimate of drug-likeness (QED) is 0.769. The summed E-state index contributed by atoms with van der Waals surface area (Å²) in [6.45, 7) is 5.48. The van der Waals surface area contributed by atoms with Gasteiger partial charge < -0.3 is 19.4 Å². The number of aryl methyl sites for hydroxylation is 1. The first-order valence-corrected chi connectivity index (χ1v) is 7.21. The van der Waals surface area contributed by atoms with Crippen LogP contribution < -0.4 is 5.32 Å². The Kier molecular flexibility index (Phi) is 5.43. The Morgan fingerprint density at radius 2 is 2.37 bits per heavy atom. The molecule has 4 nitrogen and oxygen atoms in total. The number of likely N-dealkylation sites (tertiary alicyclic amines) is 1. The molecule has 108 valence electrons. The van der Waals surface area contributed by atoms with Crippen molar-refractivity contribution in [2.24, 2.45) is 0 Å². The van der Waals surface area contributed by atoms with Crippen LogP contribution in [0.2, 0.25) is 0 Å². The van der Waals surface area contributed by atoms with E-state index >= 15 is 0 Å². The lowest BCUT2D eigenvalue weighted by Crippen LogP contribution is -2.26. The number of nitrogens with one attached hydrogen (secondary N) is 1. The van der Waals surface area contributed by atoms with Crippen LogP contribution >= 0.6 is 0 Å². The highest BCUT2D eigenvalue weighted by Gasteiger charge is 2.20. The zero-order valence-electron chi connectivity index (χ0n) is 12.4. The van der Waals surface area contributed by atoms with Crippen molar-refractivity contribution >= 4 is 0 Å². The number of ether oxygens (including phenoxy) is 1. The van der Waals surface area contributed by atoms with Crippen molar-refractivity contribution in [2.75, 3.05) is 27.2 Å². The minimum absolute atomic E-state index is 0.584. The average Bonchev–Trinajstić information content (AvgIpc) is 2.93. The standard InChI is InChI=1S/C15H26N2O2/c1-12-9-14(19-15(12)10-16-2)11-18-8-6-13-5-4-7-17(13)3/h9,13,16H,4-8,10-11H2,1-3H3. The molecule has 0 aromatic carbocycles. The van der Waals surface area contributed by atoms with E-state index in [4.69, 9.17) is 9.15 Å². The van der Waals surface area contributed by atoms with E-state index in [2.05, 4.69) is 30.3 Å². The van der Waals surface area contributed by atoms with Crippen LogP contribution in [0.5, 0.6) is 0 Å². The lowest BCUT2D eigenvalue weighted by Gasteiger charge is -2.18. The Labute approximate surface area is 116 Å². The molecule has 4 heteroatoms. The summed E-state index contributed by atoms with van der Waals surface area (Å²) in [5, 5.41) is 3.11. The summed E-state index contributed by atoms with van der Waals surface area (Å²) in [6.07, 6.45) is 3.76. The Morgan fingerprint density at radius 3 is 3.05 bits per heavy atom. The lowest BCUT2D eigenvalue weighted by atomic mass is 10.1. The third kappa shape index (κ3) is 4.06. The number of rotatable bonds is 7. The maximum atomic E-state index is 5.75. The van der Waals surface area contributed by atoms with Gasteiger partial charge in [-0.25, -0.2) is 0 Å². The van der Waals surface area contributed by atoms with Gasteiger partial charge in [0.15, 0.2) is 0 Å². The van der Waals surface area contributed by atoms with Crippen LogP contribution in [0.1, 0.15) is 36.3 Å².